The normalized spacial score (nSPS) is 10.8. The number of carbonyl (C=O) groups excluding carboxylic acids is 1. The van der Waals surface area contributed by atoms with E-state index < -0.39 is 5.91 Å². The topological polar surface area (TPSA) is 91.2 Å². The molecule has 0 aliphatic heterocycles. The maximum atomic E-state index is 13.0. The van der Waals surface area contributed by atoms with Gasteiger partial charge >= 0.3 is 0 Å². The van der Waals surface area contributed by atoms with Gasteiger partial charge in [0.15, 0.2) is 0 Å². The predicted molar refractivity (Wildman–Crippen MR) is 107 cm³/mol. The lowest BCUT2D eigenvalue weighted by atomic mass is 10.2. The number of ether oxygens (including phenoxy) is 1. The van der Waals surface area contributed by atoms with Gasteiger partial charge in [-0.1, -0.05) is 23.7 Å². The Morgan fingerprint density at radius 2 is 1.76 bits per heavy atom. The van der Waals surface area contributed by atoms with Crippen molar-refractivity contribution in [1.82, 2.24) is 5.43 Å². The summed E-state index contributed by atoms with van der Waals surface area (Å²) in [5.74, 6) is -0.977. The number of rotatable bonds is 6. The van der Waals surface area contributed by atoms with Gasteiger partial charge in [0.1, 0.15) is 29.7 Å². The van der Waals surface area contributed by atoms with Crippen molar-refractivity contribution in [2.24, 2.45) is 5.10 Å². The molecule has 0 saturated heterocycles. The maximum absolute atomic E-state index is 13.0. The van der Waals surface area contributed by atoms with Gasteiger partial charge in [0.05, 0.1) is 6.21 Å². The zero-order valence-corrected chi connectivity index (χ0v) is 15.7. The van der Waals surface area contributed by atoms with Crippen molar-refractivity contribution in [2.45, 2.75) is 6.61 Å². The summed E-state index contributed by atoms with van der Waals surface area (Å²) >= 11 is 6.02. The Morgan fingerprint density at radius 3 is 2.45 bits per heavy atom. The van der Waals surface area contributed by atoms with Gasteiger partial charge in [0.25, 0.3) is 5.91 Å². The summed E-state index contributed by atoms with van der Waals surface area (Å²) in [5, 5.41) is 23.2. The van der Waals surface area contributed by atoms with E-state index in [9.17, 15) is 19.4 Å². The summed E-state index contributed by atoms with van der Waals surface area (Å²) in [7, 11) is 0. The third kappa shape index (κ3) is 5.70. The minimum atomic E-state index is -0.622. The molecule has 3 N–H and O–H groups in total. The van der Waals surface area contributed by atoms with Crippen molar-refractivity contribution < 1.29 is 24.1 Å². The van der Waals surface area contributed by atoms with Crippen LogP contribution in [0.4, 0.5) is 4.39 Å². The number of nitrogens with one attached hydrogen (secondary N) is 1. The van der Waals surface area contributed by atoms with Crippen molar-refractivity contribution in [1.29, 1.82) is 0 Å². The quantitative estimate of drug-likeness (QED) is 0.415. The Hall–Kier alpha value is -3.58. The molecule has 3 aromatic carbocycles. The fourth-order valence-corrected chi connectivity index (χ4v) is 2.63. The lowest BCUT2D eigenvalue weighted by Gasteiger charge is -2.10. The molecule has 3 rings (SSSR count). The first-order valence-corrected chi connectivity index (χ1v) is 8.82. The van der Waals surface area contributed by atoms with Crippen LogP contribution >= 0.6 is 11.6 Å². The number of hydrazone groups is 1. The molecule has 0 atom stereocenters. The fourth-order valence-electron chi connectivity index (χ4n) is 2.44. The van der Waals surface area contributed by atoms with E-state index in [1.807, 2.05) is 0 Å². The molecule has 0 heterocycles. The second-order valence-corrected chi connectivity index (χ2v) is 6.47. The molecule has 0 aliphatic carbocycles. The first-order valence-electron chi connectivity index (χ1n) is 8.44. The van der Waals surface area contributed by atoms with Gasteiger partial charge in [-0.25, -0.2) is 9.82 Å². The van der Waals surface area contributed by atoms with Gasteiger partial charge in [-0.15, -0.1) is 0 Å². The highest BCUT2D eigenvalue weighted by molar-refractivity contribution is 6.30. The molecule has 0 radical (unpaired) electrons. The Balaban J connectivity index is 1.70. The van der Waals surface area contributed by atoms with Gasteiger partial charge in [-0.05, 0) is 48.0 Å². The van der Waals surface area contributed by atoms with Gasteiger partial charge in [-0.3, -0.25) is 4.79 Å². The average Bonchev–Trinajstić information content (AvgIpc) is 2.68. The Bertz CT molecular complexity index is 1030. The zero-order chi connectivity index (χ0) is 20.8. The highest BCUT2D eigenvalue weighted by atomic mass is 35.5. The van der Waals surface area contributed by atoms with Crippen LogP contribution in [-0.4, -0.2) is 22.3 Å². The molecule has 0 bridgehead atoms. The molecule has 3 aromatic rings. The molecule has 0 aromatic heterocycles. The zero-order valence-electron chi connectivity index (χ0n) is 15.0. The van der Waals surface area contributed by atoms with Gasteiger partial charge < -0.3 is 14.9 Å². The van der Waals surface area contributed by atoms with Crippen molar-refractivity contribution in [3.63, 3.8) is 0 Å². The minimum absolute atomic E-state index is 0.0403. The van der Waals surface area contributed by atoms with E-state index in [-0.39, 0.29) is 29.5 Å². The van der Waals surface area contributed by atoms with Crippen LogP contribution in [0.5, 0.6) is 17.2 Å². The molecule has 0 unspecified atom stereocenters. The highest BCUT2D eigenvalue weighted by Gasteiger charge is 2.08. The minimum Gasteiger partial charge on any atom is -0.508 e. The predicted octanol–water partition coefficient (Wildman–Crippen LogP) is 4.23. The molecule has 29 heavy (non-hydrogen) atoms. The number of carbonyl (C=O) groups is 1. The van der Waals surface area contributed by atoms with E-state index in [4.69, 9.17) is 16.3 Å². The van der Waals surface area contributed by atoms with Crippen LogP contribution in [0.25, 0.3) is 0 Å². The number of benzene rings is 3. The largest absolute Gasteiger partial charge is 0.508 e. The number of hydrogen-bond acceptors (Lipinski definition) is 5. The van der Waals surface area contributed by atoms with Gasteiger partial charge in [0.2, 0.25) is 0 Å². The Morgan fingerprint density at radius 1 is 1.07 bits per heavy atom. The molecular weight excluding hydrogens is 399 g/mol. The van der Waals surface area contributed by atoms with Gasteiger partial charge in [-0.2, -0.15) is 5.10 Å². The smallest absolute Gasteiger partial charge is 0.271 e. The van der Waals surface area contributed by atoms with E-state index in [2.05, 4.69) is 10.5 Å². The summed E-state index contributed by atoms with van der Waals surface area (Å²) in [6.45, 7) is 0.206. The van der Waals surface area contributed by atoms with Crippen molar-refractivity contribution in [3.8, 4) is 17.2 Å². The van der Waals surface area contributed by atoms with E-state index in [0.717, 1.165) is 11.6 Å². The number of hydrogen-bond donors (Lipinski definition) is 3. The van der Waals surface area contributed by atoms with Crippen LogP contribution in [0.1, 0.15) is 21.5 Å². The molecule has 1 amide bonds. The summed E-state index contributed by atoms with van der Waals surface area (Å²) in [4.78, 5) is 12.1. The number of nitrogens with zero attached hydrogens (tertiary/aromatic N) is 1. The second-order valence-electron chi connectivity index (χ2n) is 6.03. The van der Waals surface area contributed by atoms with Crippen LogP contribution < -0.4 is 10.2 Å². The molecule has 0 aliphatic rings. The van der Waals surface area contributed by atoms with E-state index >= 15 is 0 Å². The molecule has 8 heteroatoms. The molecule has 0 spiro atoms. The van der Waals surface area contributed by atoms with Crippen LogP contribution in [0, 0.1) is 5.82 Å². The van der Waals surface area contributed by atoms with Crippen molar-refractivity contribution in [3.05, 3.63) is 88.2 Å². The molecular formula is C21H16ClFN2O4. The van der Waals surface area contributed by atoms with Crippen LogP contribution in [0.3, 0.4) is 0 Å². The summed E-state index contributed by atoms with van der Waals surface area (Å²) < 4.78 is 18.7. The molecule has 0 saturated carbocycles. The lowest BCUT2D eigenvalue weighted by Crippen LogP contribution is -2.17. The first kappa shape index (κ1) is 20.2. The Kier molecular flexibility index (Phi) is 6.31. The average molecular weight is 415 g/mol. The third-order valence-corrected chi connectivity index (χ3v) is 4.05. The number of phenols is 2. The summed E-state index contributed by atoms with van der Waals surface area (Å²) in [6.07, 6.45) is 1.35. The monoisotopic (exact) mass is 414 g/mol. The fraction of sp³-hybridized carbons (Fsp3) is 0.0476. The van der Waals surface area contributed by atoms with Crippen LogP contribution in [0.15, 0.2) is 65.8 Å². The number of amides is 1. The lowest BCUT2D eigenvalue weighted by molar-refractivity contribution is 0.0954. The van der Waals surface area contributed by atoms with E-state index in [1.54, 1.807) is 30.3 Å². The highest BCUT2D eigenvalue weighted by Crippen LogP contribution is 2.23. The summed E-state index contributed by atoms with van der Waals surface area (Å²) in [6, 6.07) is 14.3. The molecule has 6 nitrogen and oxygen atoms in total. The number of aromatic hydroxyl groups is 2. The summed E-state index contributed by atoms with van der Waals surface area (Å²) in [5.41, 5.74) is 3.63. The van der Waals surface area contributed by atoms with Crippen LogP contribution in [0.2, 0.25) is 5.02 Å². The van der Waals surface area contributed by atoms with Crippen LogP contribution in [-0.2, 0) is 6.61 Å². The van der Waals surface area contributed by atoms with E-state index in [1.165, 1.54) is 30.5 Å². The van der Waals surface area contributed by atoms with Crippen molar-refractivity contribution in [2.75, 3.05) is 0 Å². The Labute approximate surface area is 170 Å². The van der Waals surface area contributed by atoms with Crippen molar-refractivity contribution >= 4 is 23.7 Å². The second kappa shape index (κ2) is 9.07. The maximum Gasteiger partial charge on any atom is 0.271 e. The van der Waals surface area contributed by atoms with Gasteiger partial charge in [0, 0.05) is 22.2 Å². The first-order chi connectivity index (χ1) is 13.9. The molecule has 0 fully saturated rings. The third-order valence-electron chi connectivity index (χ3n) is 3.81. The SMILES string of the molecule is O=C(NN=Cc1cc(Cl)ccc1OCc1ccc(F)cc1)c1cc(O)cc(O)c1. The number of halogens is 2. The standard InChI is InChI=1S/C21H16ClFN2O4/c22-16-3-6-20(29-12-13-1-4-17(23)5-2-13)15(7-16)11-24-25-21(28)14-8-18(26)10-19(27)9-14/h1-11,26-27H,12H2,(H,25,28). The number of phenolic OH excluding ortho intramolecular Hbond substituents is 2. The molecule has 148 valence electrons. The van der Waals surface area contributed by atoms with E-state index in [0.29, 0.717) is 16.3 Å².